The number of hydrogen-bond donors (Lipinski definition) is 2. The zero-order chi connectivity index (χ0) is 17.5. The van der Waals surface area contributed by atoms with Gasteiger partial charge in [0.25, 0.3) is 0 Å². The van der Waals surface area contributed by atoms with Crippen molar-refractivity contribution in [3.8, 4) is 0 Å². The van der Waals surface area contributed by atoms with Crippen LogP contribution in [0.25, 0.3) is 6.08 Å². The summed E-state index contributed by atoms with van der Waals surface area (Å²) in [5, 5.41) is 3.00. The minimum Gasteiger partial charge on any atom is -0.370 e. The predicted octanol–water partition coefficient (Wildman–Crippen LogP) is 1.80. The number of carbonyl (C=O) groups is 1. The first-order chi connectivity index (χ1) is 12.2. The zero-order valence-electron chi connectivity index (χ0n) is 14.6. The Morgan fingerprint density at radius 3 is 2.68 bits per heavy atom. The number of ether oxygens (including phenoxy) is 1. The van der Waals surface area contributed by atoms with Crippen LogP contribution in [0.2, 0.25) is 0 Å². The Hall–Kier alpha value is -1.95. The standard InChI is InChI=1S/C20H24N2O2S/c1-16-6-7-19(25-16)8-9-20(23)21-14-17-4-2-3-5-18(17)15-22-10-12-24-13-11-22/h2-9H,10-15H2,1H3,(H,21,23)/p+1/b9-8+. The summed E-state index contributed by atoms with van der Waals surface area (Å²) in [6, 6.07) is 12.5. The summed E-state index contributed by atoms with van der Waals surface area (Å²) in [5.41, 5.74) is 2.49. The molecule has 1 saturated heterocycles. The van der Waals surface area contributed by atoms with Crippen LogP contribution in [-0.2, 0) is 22.6 Å². The highest BCUT2D eigenvalue weighted by Crippen LogP contribution is 2.16. The number of morpholine rings is 1. The van der Waals surface area contributed by atoms with Gasteiger partial charge in [-0.2, -0.15) is 0 Å². The van der Waals surface area contributed by atoms with Crippen LogP contribution in [-0.4, -0.2) is 32.2 Å². The van der Waals surface area contributed by atoms with Crippen LogP contribution < -0.4 is 10.2 Å². The van der Waals surface area contributed by atoms with Gasteiger partial charge < -0.3 is 15.0 Å². The van der Waals surface area contributed by atoms with E-state index in [1.165, 1.54) is 20.9 Å². The topological polar surface area (TPSA) is 42.8 Å². The van der Waals surface area contributed by atoms with Gasteiger partial charge in [-0.15, -0.1) is 11.3 Å². The molecule has 0 bridgehead atoms. The van der Waals surface area contributed by atoms with Crippen molar-refractivity contribution >= 4 is 23.3 Å². The van der Waals surface area contributed by atoms with Gasteiger partial charge in [0.15, 0.2) is 0 Å². The third kappa shape index (κ3) is 5.53. The number of nitrogens with one attached hydrogen (secondary N) is 2. The third-order valence-electron chi connectivity index (χ3n) is 4.37. The summed E-state index contributed by atoms with van der Waals surface area (Å²) in [6.07, 6.45) is 3.48. The van der Waals surface area contributed by atoms with E-state index >= 15 is 0 Å². The molecule has 5 heteroatoms. The van der Waals surface area contributed by atoms with Gasteiger partial charge in [-0.1, -0.05) is 24.3 Å². The molecule has 3 rings (SSSR count). The van der Waals surface area contributed by atoms with E-state index in [1.54, 1.807) is 17.4 Å². The number of hydrogen-bond acceptors (Lipinski definition) is 3. The van der Waals surface area contributed by atoms with Crippen LogP contribution in [0.4, 0.5) is 0 Å². The molecule has 2 heterocycles. The van der Waals surface area contributed by atoms with Crippen LogP contribution >= 0.6 is 11.3 Å². The van der Waals surface area contributed by atoms with E-state index in [-0.39, 0.29) is 5.91 Å². The Bertz CT molecular complexity index is 733. The molecule has 1 aromatic carbocycles. The molecule has 4 nitrogen and oxygen atoms in total. The van der Waals surface area contributed by atoms with Crippen molar-refractivity contribution in [3.63, 3.8) is 0 Å². The van der Waals surface area contributed by atoms with E-state index in [0.29, 0.717) is 6.54 Å². The zero-order valence-corrected chi connectivity index (χ0v) is 15.4. The van der Waals surface area contributed by atoms with Crippen molar-refractivity contribution < 1.29 is 14.4 Å². The van der Waals surface area contributed by atoms with Gasteiger partial charge in [-0.25, -0.2) is 0 Å². The monoisotopic (exact) mass is 357 g/mol. The van der Waals surface area contributed by atoms with E-state index in [4.69, 9.17) is 4.74 Å². The Labute approximate surface area is 153 Å². The van der Waals surface area contributed by atoms with Gasteiger partial charge in [0.1, 0.15) is 19.6 Å². The summed E-state index contributed by atoms with van der Waals surface area (Å²) >= 11 is 1.69. The number of rotatable bonds is 6. The fourth-order valence-corrected chi connectivity index (χ4v) is 3.73. The first kappa shape index (κ1) is 17.9. The van der Waals surface area contributed by atoms with Crippen LogP contribution in [0.5, 0.6) is 0 Å². The highest BCUT2D eigenvalue weighted by Gasteiger charge is 2.15. The lowest BCUT2D eigenvalue weighted by Gasteiger charge is -2.24. The molecule has 1 aromatic heterocycles. The first-order valence-electron chi connectivity index (χ1n) is 8.71. The van der Waals surface area contributed by atoms with E-state index in [9.17, 15) is 4.79 Å². The Balaban J connectivity index is 1.55. The highest BCUT2D eigenvalue weighted by atomic mass is 32.1. The Morgan fingerprint density at radius 2 is 1.96 bits per heavy atom. The van der Waals surface area contributed by atoms with Crippen LogP contribution in [0.3, 0.4) is 0 Å². The van der Waals surface area contributed by atoms with Gasteiger partial charge in [0, 0.05) is 27.9 Å². The van der Waals surface area contributed by atoms with Gasteiger partial charge >= 0.3 is 0 Å². The van der Waals surface area contributed by atoms with E-state index in [0.717, 1.165) is 37.7 Å². The molecule has 1 aliphatic rings. The molecule has 132 valence electrons. The van der Waals surface area contributed by atoms with Crippen LogP contribution in [0.1, 0.15) is 20.9 Å². The summed E-state index contributed by atoms with van der Waals surface area (Å²) in [4.78, 5) is 16.0. The second-order valence-electron chi connectivity index (χ2n) is 6.31. The SMILES string of the molecule is Cc1ccc(/C=C/C(=O)NCc2ccccc2C[NH+]2CCOCC2)s1. The quantitative estimate of drug-likeness (QED) is 0.774. The largest absolute Gasteiger partial charge is 0.370 e. The third-order valence-corrected chi connectivity index (χ3v) is 5.34. The lowest BCUT2D eigenvalue weighted by atomic mass is 10.1. The average Bonchev–Trinajstić information content (AvgIpc) is 3.05. The molecular formula is C20H25N2O2S+. The molecule has 2 aromatic rings. The Kier molecular flexibility index (Phi) is 6.39. The maximum absolute atomic E-state index is 12.1. The minimum absolute atomic E-state index is 0.0559. The van der Waals surface area contributed by atoms with Gasteiger partial charge in [-0.3, -0.25) is 4.79 Å². The maximum Gasteiger partial charge on any atom is 0.244 e. The number of aryl methyl sites for hydroxylation is 1. The molecule has 0 aliphatic carbocycles. The molecule has 25 heavy (non-hydrogen) atoms. The molecule has 0 radical (unpaired) electrons. The molecule has 1 aliphatic heterocycles. The fraction of sp³-hybridized carbons (Fsp3) is 0.350. The van der Waals surface area contributed by atoms with E-state index < -0.39 is 0 Å². The van der Waals surface area contributed by atoms with Gasteiger partial charge in [0.2, 0.25) is 5.91 Å². The second kappa shape index (κ2) is 8.94. The molecule has 0 spiro atoms. The molecule has 0 unspecified atom stereocenters. The Morgan fingerprint density at radius 1 is 1.20 bits per heavy atom. The molecular weight excluding hydrogens is 332 g/mol. The highest BCUT2D eigenvalue weighted by molar-refractivity contribution is 7.12. The summed E-state index contributed by atoms with van der Waals surface area (Å²) < 4.78 is 5.43. The fourth-order valence-electron chi connectivity index (χ4n) is 2.95. The molecule has 2 N–H and O–H groups in total. The number of carbonyl (C=O) groups excluding carboxylic acids is 1. The number of benzene rings is 1. The predicted molar refractivity (Wildman–Crippen MR) is 102 cm³/mol. The first-order valence-corrected chi connectivity index (χ1v) is 9.53. The number of amides is 1. The second-order valence-corrected chi connectivity index (χ2v) is 7.63. The van der Waals surface area contributed by atoms with E-state index in [2.05, 4.69) is 36.5 Å². The molecule has 1 amide bonds. The van der Waals surface area contributed by atoms with E-state index in [1.807, 2.05) is 18.2 Å². The summed E-state index contributed by atoms with van der Waals surface area (Å²) in [6.45, 7) is 7.37. The maximum atomic E-state index is 12.1. The lowest BCUT2D eigenvalue weighted by molar-refractivity contribution is -0.921. The smallest absolute Gasteiger partial charge is 0.244 e. The minimum atomic E-state index is -0.0559. The van der Waals surface area contributed by atoms with Crippen LogP contribution in [0.15, 0.2) is 42.5 Å². The summed E-state index contributed by atoms with van der Waals surface area (Å²) in [5.74, 6) is -0.0559. The number of thiophene rings is 1. The molecule has 0 atom stereocenters. The van der Waals surface area contributed by atoms with Crippen molar-refractivity contribution in [1.29, 1.82) is 0 Å². The van der Waals surface area contributed by atoms with Crippen LogP contribution in [0, 0.1) is 6.92 Å². The van der Waals surface area contributed by atoms with Crippen molar-refractivity contribution in [2.24, 2.45) is 0 Å². The molecule has 1 fully saturated rings. The lowest BCUT2D eigenvalue weighted by Crippen LogP contribution is -3.12. The van der Waals surface area contributed by atoms with Crippen molar-refractivity contribution in [3.05, 3.63) is 63.4 Å². The normalized spacial score (nSPS) is 15.6. The van der Waals surface area contributed by atoms with Gasteiger partial charge in [-0.05, 0) is 30.7 Å². The van der Waals surface area contributed by atoms with Crippen molar-refractivity contribution in [1.82, 2.24) is 5.32 Å². The average molecular weight is 357 g/mol. The molecule has 0 saturated carbocycles. The summed E-state index contributed by atoms with van der Waals surface area (Å²) in [7, 11) is 0. The van der Waals surface area contributed by atoms with Crippen molar-refractivity contribution in [2.45, 2.75) is 20.0 Å². The van der Waals surface area contributed by atoms with Crippen molar-refractivity contribution in [2.75, 3.05) is 26.3 Å². The van der Waals surface area contributed by atoms with Gasteiger partial charge in [0.05, 0.1) is 13.2 Å². The number of quaternary nitrogens is 1.